The fraction of sp³-hybridized carbons (Fsp3) is 0.588. The molecule has 0 saturated heterocycles. The maximum atomic E-state index is 11.6. The van der Waals surface area contributed by atoms with E-state index in [9.17, 15) is 9.59 Å². The average Bonchev–Trinajstić information content (AvgIpc) is 3.40. The van der Waals surface area contributed by atoms with Crippen molar-refractivity contribution in [3.05, 3.63) is 24.4 Å². The summed E-state index contributed by atoms with van der Waals surface area (Å²) < 4.78 is 0. The predicted molar refractivity (Wildman–Crippen MR) is 89.9 cm³/mol. The number of rotatable bonds is 11. The molecule has 1 aromatic rings. The molecule has 0 radical (unpaired) electrons. The maximum Gasteiger partial charge on any atom is 0.223 e. The van der Waals surface area contributed by atoms with E-state index in [-0.39, 0.29) is 17.7 Å². The van der Waals surface area contributed by atoms with E-state index < -0.39 is 0 Å². The van der Waals surface area contributed by atoms with E-state index in [4.69, 9.17) is 0 Å². The van der Waals surface area contributed by atoms with Gasteiger partial charge in [-0.25, -0.2) is 4.98 Å². The van der Waals surface area contributed by atoms with Gasteiger partial charge in [0.2, 0.25) is 11.8 Å². The lowest BCUT2D eigenvalue weighted by Crippen LogP contribution is -2.28. The number of carbonyl (C=O) groups excluding carboxylic acids is 2. The Morgan fingerprint density at radius 2 is 1.83 bits per heavy atom. The minimum atomic E-state index is 0.0587. The van der Waals surface area contributed by atoms with Gasteiger partial charge < -0.3 is 16.0 Å². The molecule has 126 valence electrons. The highest BCUT2D eigenvalue weighted by Crippen LogP contribution is 2.28. The number of pyridine rings is 1. The van der Waals surface area contributed by atoms with Crippen molar-refractivity contribution in [3.63, 3.8) is 0 Å². The summed E-state index contributed by atoms with van der Waals surface area (Å²) in [6, 6.07) is 5.77. The molecule has 0 bridgehead atoms. The van der Waals surface area contributed by atoms with Crippen molar-refractivity contribution in [1.82, 2.24) is 15.6 Å². The van der Waals surface area contributed by atoms with E-state index in [0.717, 1.165) is 38.0 Å². The van der Waals surface area contributed by atoms with Gasteiger partial charge in [0, 0.05) is 38.2 Å². The zero-order valence-electron chi connectivity index (χ0n) is 13.5. The van der Waals surface area contributed by atoms with Crippen LogP contribution in [0.4, 0.5) is 5.82 Å². The summed E-state index contributed by atoms with van der Waals surface area (Å²) in [5.74, 6) is 1.32. The Kier molecular flexibility index (Phi) is 7.36. The molecule has 0 atom stereocenters. The number of carbonyl (C=O) groups is 2. The number of amides is 2. The number of aromatic nitrogens is 1. The van der Waals surface area contributed by atoms with Crippen LogP contribution in [0.3, 0.4) is 0 Å². The first-order valence-electron chi connectivity index (χ1n) is 8.45. The minimum Gasteiger partial charge on any atom is -0.370 e. The summed E-state index contributed by atoms with van der Waals surface area (Å²) in [4.78, 5) is 27.2. The largest absolute Gasteiger partial charge is 0.370 e. The molecule has 1 aromatic heterocycles. The van der Waals surface area contributed by atoms with Crippen molar-refractivity contribution in [2.24, 2.45) is 5.92 Å². The third-order valence-corrected chi connectivity index (χ3v) is 3.72. The van der Waals surface area contributed by atoms with Crippen molar-refractivity contribution in [1.29, 1.82) is 0 Å². The summed E-state index contributed by atoms with van der Waals surface area (Å²) >= 11 is 0. The van der Waals surface area contributed by atoms with Gasteiger partial charge in [0.1, 0.15) is 5.82 Å². The van der Waals surface area contributed by atoms with Crippen LogP contribution in [0.15, 0.2) is 24.4 Å². The molecule has 3 N–H and O–H groups in total. The van der Waals surface area contributed by atoms with Crippen LogP contribution >= 0.6 is 0 Å². The molecular weight excluding hydrogens is 292 g/mol. The Bertz CT molecular complexity index is 489. The average molecular weight is 318 g/mol. The predicted octanol–water partition coefficient (Wildman–Crippen LogP) is 1.70. The fourth-order valence-electron chi connectivity index (χ4n) is 2.20. The Balaban J connectivity index is 1.38. The molecule has 0 aromatic carbocycles. The van der Waals surface area contributed by atoms with Crippen molar-refractivity contribution >= 4 is 17.6 Å². The zero-order valence-corrected chi connectivity index (χ0v) is 13.5. The molecule has 1 aliphatic rings. The summed E-state index contributed by atoms with van der Waals surface area (Å²) in [6.07, 6.45) is 6.87. The molecule has 1 saturated carbocycles. The van der Waals surface area contributed by atoms with Crippen LogP contribution in [-0.2, 0) is 9.59 Å². The molecule has 23 heavy (non-hydrogen) atoms. The van der Waals surface area contributed by atoms with Crippen molar-refractivity contribution < 1.29 is 9.59 Å². The molecule has 0 aliphatic heterocycles. The molecule has 1 fully saturated rings. The van der Waals surface area contributed by atoms with E-state index in [1.54, 1.807) is 6.20 Å². The molecule has 1 heterocycles. The second-order valence-electron chi connectivity index (χ2n) is 5.87. The quantitative estimate of drug-likeness (QED) is 0.542. The van der Waals surface area contributed by atoms with Crippen LogP contribution in [0.5, 0.6) is 0 Å². The Labute approximate surface area is 137 Å². The van der Waals surface area contributed by atoms with E-state index >= 15 is 0 Å². The van der Waals surface area contributed by atoms with Gasteiger partial charge in [0.25, 0.3) is 0 Å². The summed E-state index contributed by atoms with van der Waals surface area (Å²) in [7, 11) is 0. The molecule has 6 nitrogen and oxygen atoms in total. The highest BCUT2D eigenvalue weighted by molar-refractivity contribution is 5.81. The molecule has 0 unspecified atom stereocenters. The van der Waals surface area contributed by atoms with E-state index in [1.165, 1.54) is 0 Å². The minimum absolute atomic E-state index is 0.0587. The highest BCUT2D eigenvalue weighted by atomic mass is 16.2. The van der Waals surface area contributed by atoms with Crippen molar-refractivity contribution in [2.45, 2.75) is 38.5 Å². The number of hydrogen-bond acceptors (Lipinski definition) is 4. The van der Waals surface area contributed by atoms with Gasteiger partial charge in [-0.05, 0) is 44.2 Å². The fourth-order valence-corrected chi connectivity index (χ4v) is 2.20. The van der Waals surface area contributed by atoms with Crippen LogP contribution in [0, 0.1) is 5.92 Å². The number of nitrogens with one attached hydrogen (secondary N) is 3. The number of nitrogens with zero attached hydrogens (tertiary/aromatic N) is 1. The Hall–Kier alpha value is -2.11. The van der Waals surface area contributed by atoms with Gasteiger partial charge in [0.05, 0.1) is 0 Å². The number of hydrogen-bond donors (Lipinski definition) is 3. The topological polar surface area (TPSA) is 83.1 Å². The lowest BCUT2D eigenvalue weighted by atomic mass is 10.2. The molecule has 2 amide bonds. The Morgan fingerprint density at radius 3 is 2.57 bits per heavy atom. The molecule has 0 spiro atoms. The third kappa shape index (κ3) is 7.63. The van der Waals surface area contributed by atoms with Gasteiger partial charge >= 0.3 is 0 Å². The maximum absolute atomic E-state index is 11.6. The number of anilines is 1. The lowest BCUT2D eigenvalue weighted by Gasteiger charge is -2.07. The third-order valence-electron chi connectivity index (χ3n) is 3.72. The first-order valence-corrected chi connectivity index (χ1v) is 8.45. The van der Waals surface area contributed by atoms with E-state index in [1.807, 2.05) is 18.2 Å². The highest BCUT2D eigenvalue weighted by Gasteiger charge is 2.28. The van der Waals surface area contributed by atoms with E-state index in [2.05, 4.69) is 20.9 Å². The molecule has 6 heteroatoms. The summed E-state index contributed by atoms with van der Waals surface area (Å²) in [6.45, 7) is 2.13. The Morgan fingerprint density at radius 1 is 1.04 bits per heavy atom. The molecule has 1 aliphatic carbocycles. The monoisotopic (exact) mass is 318 g/mol. The SMILES string of the molecule is O=C(CCCNC(=O)C1CC1)NCCCCNc1ccccn1. The van der Waals surface area contributed by atoms with Gasteiger partial charge in [-0.1, -0.05) is 6.07 Å². The van der Waals surface area contributed by atoms with Crippen molar-refractivity contribution in [2.75, 3.05) is 25.0 Å². The van der Waals surface area contributed by atoms with Gasteiger partial charge in [-0.3, -0.25) is 9.59 Å². The van der Waals surface area contributed by atoms with Gasteiger partial charge in [-0.15, -0.1) is 0 Å². The van der Waals surface area contributed by atoms with E-state index in [0.29, 0.717) is 25.9 Å². The first kappa shape index (κ1) is 17.2. The van der Waals surface area contributed by atoms with Crippen LogP contribution in [-0.4, -0.2) is 36.4 Å². The second-order valence-corrected chi connectivity index (χ2v) is 5.87. The second kappa shape index (κ2) is 9.82. The number of unbranched alkanes of at least 4 members (excludes halogenated alkanes) is 1. The smallest absolute Gasteiger partial charge is 0.223 e. The standard InChI is InChI=1S/C17H26N4O2/c22-16(7-5-13-21-17(23)14-8-9-14)20-12-4-3-11-19-15-6-1-2-10-18-15/h1-2,6,10,14H,3-5,7-9,11-13H2,(H,18,19)(H,20,22)(H,21,23). The van der Waals surface area contributed by atoms with Crippen LogP contribution in [0.25, 0.3) is 0 Å². The van der Waals surface area contributed by atoms with Crippen LogP contribution in [0.1, 0.15) is 38.5 Å². The van der Waals surface area contributed by atoms with Crippen LogP contribution in [0.2, 0.25) is 0 Å². The van der Waals surface area contributed by atoms with Gasteiger partial charge in [-0.2, -0.15) is 0 Å². The lowest BCUT2D eigenvalue weighted by molar-refractivity contribution is -0.123. The molecular formula is C17H26N4O2. The van der Waals surface area contributed by atoms with Gasteiger partial charge in [0.15, 0.2) is 0 Å². The first-order chi connectivity index (χ1) is 11.3. The summed E-state index contributed by atoms with van der Waals surface area (Å²) in [5.41, 5.74) is 0. The molecule has 2 rings (SSSR count). The zero-order chi connectivity index (χ0) is 16.3. The van der Waals surface area contributed by atoms with Crippen molar-refractivity contribution in [3.8, 4) is 0 Å². The normalized spacial score (nSPS) is 13.4. The van der Waals surface area contributed by atoms with Crippen LogP contribution < -0.4 is 16.0 Å². The summed E-state index contributed by atoms with van der Waals surface area (Å²) in [5, 5.41) is 9.01.